The second-order valence-corrected chi connectivity index (χ2v) is 3.15. The number of aryl methyl sites for hydroxylation is 1. The zero-order chi connectivity index (χ0) is 12.0. The number of anilines is 1. The molecule has 0 aliphatic heterocycles. The van der Waals surface area contributed by atoms with Gasteiger partial charge in [-0.1, -0.05) is 0 Å². The summed E-state index contributed by atoms with van der Waals surface area (Å²) < 4.78 is 4.62. The average molecular weight is 224 g/mol. The van der Waals surface area contributed by atoms with E-state index in [0.29, 0.717) is 5.82 Å². The number of aliphatic carboxylic acids is 1. The second kappa shape index (κ2) is 5.82. The second-order valence-electron chi connectivity index (χ2n) is 3.15. The van der Waals surface area contributed by atoms with Crippen LogP contribution in [0.5, 0.6) is 0 Å². The molecule has 86 valence electrons. The molecule has 0 radical (unpaired) electrons. The van der Waals surface area contributed by atoms with Crippen LogP contribution in [0.15, 0.2) is 18.3 Å². The van der Waals surface area contributed by atoms with Crippen LogP contribution in [0.1, 0.15) is 5.56 Å². The SMILES string of the molecule is Cc1ccnc(NC(=O)COCC(=O)O)c1. The fourth-order valence-electron chi connectivity index (χ4n) is 1.01. The van der Waals surface area contributed by atoms with Crippen molar-refractivity contribution in [1.29, 1.82) is 0 Å². The van der Waals surface area contributed by atoms with Gasteiger partial charge in [0.15, 0.2) is 0 Å². The molecule has 1 amide bonds. The average Bonchev–Trinajstić information content (AvgIpc) is 2.16. The molecule has 1 heterocycles. The van der Waals surface area contributed by atoms with E-state index in [1.54, 1.807) is 18.3 Å². The molecule has 16 heavy (non-hydrogen) atoms. The minimum Gasteiger partial charge on any atom is -0.480 e. The van der Waals surface area contributed by atoms with Crippen molar-refractivity contribution >= 4 is 17.7 Å². The maximum atomic E-state index is 11.2. The Morgan fingerprint density at radius 1 is 1.50 bits per heavy atom. The van der Waals surface area contributed by atoms with Gasteiger partial charge in [0.25, 0.3) is 5.91 Å². The number of nitrogens with one attached hydrogen (secondary N) is 1. The molecule has 0 aliphatic carbocycles. The zero-order valence-electron chi connectivity index (χ0n) is 8.77. The standard InChI is InChI=1S/C10H12N2O4/c1-7-2-3-11-8(4-7)12-9(13)5-16-6-10(14)15/h2-4H,5-6H2,1H3,(H,14,15)(H,11,12,13). The van der Waals surface area contributed by atoms with Crippen molar-refractivity contribution in [3.05, 3.63) is 23.9 Å². The highest BCUT2D eigenvalue weighted by molar-refractivity contribution is 5.90. The smallest absolute Gasteiger partial charge is 0.329 e. The molecule has 0 fully saturated rings. The van der Waals surface area contributed by atoms with Gasteiger partial charge in [0.2, 0.25) is 0 Å². The van der Waals surface area contributed by atoms with E-state index in [1.165, 1.54) is 0 Å². The van der Waals surface area contributed by atoms with Gasteiger partial charge in [0, 0.05) is 6.20 Å². The Morgan fingerprint density at radius 3 is 2.88 bits per heavy atom. The van der Waals surface area contributed by atoms with Gasteiger partial charge in [-0.3, -0.25) is 4.79 Å². The lowest BCUT2D eigenvalue weighted by Crippen LogP contribution is -2.21. The summed E-state index contributed by atoms with van der Waals surface area (Å²) in [4.78, 5) is 25.3. The summed E-state index contributed by atoms with van der Waals surface area (Å²) in [6.45, 7) is 1.08. The van der Waals surface area contributed by atoms with Gasteiger partial charge in [-0.05, 0) is 24.6 Å². The van der Waals surface area contributed by atoms with Crippen LogP contribution in [0.2, 0.25) is 0 Å². The van der Waals surface area contributed by atoms with E-state index in [9.17, 15) is 9.59 Å². The largest absolute Gasteiger partial charge is 0.480 e. The molecular formula is C10H12N2O4. The molecule has 0 spiro atoms. The van der Waals surface area contributed by atoms with Crippen LogP contribution in [0.4, 0.5) is 5.82 Å². The number of carboxylic acids is 1. The van der Waals surface area contributed by atoms with E-state index in [4.69, 9.17) is 5.11 Å². The summed E-state index contributed by atoms with van der Waals surface area (Å²) in [6.07, 6.45) is 1.57. The summed E-state index contributed by atoms with van der Waals surface area (Å²) in [5, 5.41) is 10.8. The lowest BCUT2D eigenvalue weighted by atomic mass is 10.3. The monoisotopic (exact) mass is 224 g/mol. The molecule has 0 aliphatic rings. The highest BCUT2D eigenvalue weighted by Crippen LogP contribution is 2.04. The third-order valence-electron chi connectivity index (χ3n) is 1.64. The van der Waals surface area contributed by atoms with Crippen LogP contribution in [-0.4, -0.2) is 35.2 Å². The summed E-state index contributed by atoms with van der Waals surface area (Å²) in [6, 6.07) is 3.51. The number of carbonyl (C=O) groups excluding carboxylic acids is 1. The Bertz CT molecular complexity index is 392. The Morgan fingerprint density at radius 2 is 2.25 bits per heavy atom. The molecule has 0 saturated heterocycles. The first-order chi connectivity index (χ1) is 7.58. The number of nitrogens with zero attached hydrogens (tertiary/aromatic N) is 1. The topological polar surface area (TPSA) is 88.5 Å². The minimum absolute atomic E-state index is 0.304. The molecule has 2 N–H and O–H groups in total. The van der Waals surface area contributed by atoms with E-state index in [-0.39, 0.29) is 6.61 Å². The van der Waals surface area contributed by atoms with Crippen molar-refractivity contribution in [1.82, 2.24) is 4.98 Å². The van der Waals surface area contributed by atoms with Crippen molar-refractivity contribution in [2.45, 2.75) is 6.92 Å². The lowest BCUT2D eigenvalue weighted by molar-refractivity contribution is -0.143. The summed E-state index contributed by atoms with van der Waals surface area (Å²) in [5.74, 6) is -1.12. The molecule has 0 saturated carbocycles. The Hall–Kier alpha value is -1.95. The number of hydrogen-bond donors (Lipinski definition) is 2. The Balaban J connectivity index is 2.37. The third kappa shape index (κ3) is 4.52. The third-order valence-corrected chi connectivity index (χ3v) is 1.64. The fourth-order valence-corrected chi connectivity index (χ4v) is 1.01. The predicted octanol–water partition coefficient (Wildman–Crippen LogP) is 0.430. The lowest BCUT2D eigenvalue weighted by Gasteiger charge is -2.04. The number of carboxylic acid groups (broad SMARTS) is 1. The first-order valence-corrected chi connectivity index (χ1v) is 4.60. The quantitative estimate of drug-likeness (QED) is 0.757. The van der Waals surface area contributed by atoms with Crippen LogP contribution >= 0.6 is 0 Å². The van der Waals surface area contributed by atoms with Crippen molar-refractivity contribution < 1.29 is 19.4 Å². The van der Waals surface area contributed by atoms with Gasteiger partial charge in [0.1, 0.15) is 19.0 Å². The highest BCUT2D eigenvalue weighted by Gasteiger charge is 2.04. The van der Waals surface area contributed by atoms with Gasteiger partial charge in [-0.15, -0.1) is 0 Å². The normalized spacial score (nSPS) is 9.81. The molecular weight excluding hydrogens is 212 g/mol. The summed E-state index contributed by atoms with van der Waals surface area (Å²) >= 11 is 0. The molecule has 6 heteroatoms. The van der Waals surface area contributed by atoms with E-state index in [0.717, 1.165) is 5.56 Å². The van der Waals surface area contributed by atoms with Crippen LogP contribution < -0.4 is 5.32 Å². The van der Waals surface area contributed by atoms with Crippen molar-refractivity contribution in [3.8, 4) is 0 Å². The Labute approximate surface area is 92.3 Å². The molecule has 0 atom stereocenters. The zero-order valence-corrected chi connectivity index (χ0v) is 8.77. The van der Waals surface area contributed by atoms with Crippen molar-refractivity contribution in [3.63, 3.8) is 0 Å². The molecule has 6 nitrogen and oxygen atoms in total. The highest BCUT2D eigenvalue weighted by atomic mass is 16.5. The van der Waals surface area contributed by atoms with Crippen molar-refractivity contribution in [2.75, 3.05) is 18.5 Å². The number of aromatic nitrogens is 1. The van der Waals surface area contributed by atoms with Crippen LogP contribution in [0.25, 0.3) is 0 Å². The number of carbonyl (C=O) groups is 2. The van der Waals surface area contributed by atoms with E-state index in [1.807, 2.05) is 6.92 Å². The predicted molar refractivity (Wildman–Crippen MR) is 56.1 cm³/mol. The molecule has 0 bridgehead atoms. The molecule has 1 aromatic heterocycles. The van der Waals surface area contributed by atoms with E-state index >= 15 is 0 Å². The summed E-state index contributed by atoms with van der Waals surface area (Å²) in [5.41, 5.74) is 0.969. The Kier molecular flexibility index (Phi) is 4.41. The van der Waals surface area contributed by atoms with Gasteiger partial charge >= 0.3 is 5.97 Å². The van der Waals surface area contributed by atoms with E-state index < -0.39 is 18.5 Å². The van der Waals surface area contributed by atoms with Gasteiger partial charge in [0.05, 0.1) is 0 Å². The van der Waals surface area contributed by atoms with E-state index in [2.05, 4.69) is 15.0 Å². The minimum atomic E-state index is -1.11. The van der Waals surface area contributed by atoms with Crippen LogP contribution in [0.3, 0.4) is 0 Å². The maximum Gasteiger partial charge on any atom is 0.329 e. The van der Waals surface area contributed by atoms with Crippen LogP contribution in [-0.2, 0) is 14.3 Å². The first kappa shape index (κ1) is 12.1. The first-order valence-electron chi connectivity index (χ1n) is 4.60. The maximum absolute atomic E-state index is 11.2. The van der Waals surface area contributed by atoms with Gasteiger partial charge in [-0.2, -0.15) is 0 Å². The molecule has 0 unspecified atom stereocenters. The molecule has 0 aromatic carbocycles. The number of ether oxygens (including phenoxy) is 1. The number of amides is 1. The summed E-state index contributed by atoms with van der Waals surface area (Å²) in [7, 11) is 0. The molecule has 1 rings (SSSR count). The number of rotatable bonds is 5. The fraction of sp³-hybridized carbons (Fsp3) is 0.300. The van der Waals surface area contributed by atoms with Crippen molar-refractivity contribution in [2.24, 2.45) is 0 Å². The van der Waals surface area contributed by atoms with Gasteiger partial charge < -0.3 is 15.2 Å². The van der Waals surface area contributed by atoms with Gasteiger partial charge in [-0.25, -0.2) is 9.78 Å². The van der Waals surface area contributed by atoms with Crippen LogP contribution in [0, 0.1) is 6.92 Å². The number of hydrogen-bond acceptors (Lipinski definition) is 4. The molecule has 1 aromatic rings. The number of pyridine rings is 1.